The van der Waals surface area contributed by atoms with Gasteiger partial charge in [0.25, 0.3) is 0 Å². The molecule has 136 valence electrons. The Morgan fingerprint density at radius 3 is 2.70 bits per heavy atom. The van der Waals surface area contributed by atoms with Crippen molar-refractivity contribution in [2.45, 2.75) is 6.42 Å². The van der Waals surface area contributed by atoms with Crippen molar-refractivity contribution in [2.24, 2.45) is 0 Å². The Morgan fingerprint density at radius 2 is 1.93 bits per heavy atom. The van der Waals surface area contributed by atoms with Crippen LogP contribution in [0.5, 0.6) is 11.5 Å². The minimum atomic E-state index is -1.04. The molecule has 1 aliphatic heterocycles. The van der Waals surface area contributed by atoms with Gasteiger partial charge in [-0.05, 0) is 52.6 Å². The molecule has 4 nitrogen and oxygen atoms in total. The molecule has 0 atom stereocenters. The van der Waals surface area contributed by atoms with Crippen molar-refractivity contribution >= 4 is 17.6 Å². The molecule has 0 saturated carbocycles. The first kappa shape index (κ1) is 17.4. The van der Waals surface area contributed by atoms with Gasteiger partial charge in [-0.25, -0.2) is 4.79 Å². The Hall–Kier alpha value is -2.98. The molecule has 0 amide bonds. The van der Waals surface area contributed by atoms with E-state index in [-0.39, 0.29) is 5.56 Å². The molecule has 0 radical (unpaired) electrons. The zero-order valence-corrected chi connectivity index (χ0v) is 15.4. The monoisotopic (exact) mass is 380 g/mol. The van der Waals surface area contributed by atoms with Crippen LogP contribution in [-0.2, 0) is 6.42 Å². The van der Waals surface area contributed by atoms with Gasteiger partial charge in [-0.15, -0.1) is 0 Å². The van der Waals surface area contributed by atoms with E-state index in [4.69, 9.17) is 21.1 Å². The minimum Gasteiger partial charge on any atom is -0.496 e. The van der Waals surface area contributed by atoms with Crippen LogP contribution in [0.1, 0.15) is 15.9 Å². The van der Waals surface area contributed by atoms with E-state index in [0.717, 1.165) is 40.0 Å². The Labute approximate surface area is 161 Å². The number of halogens is 1. The van der Waals surface area contributed by atoms with Crippen LogP contribution in [0, 0.1) is 0 Å². The summed E-state index contributed by atoms with van der Waals surface area (Å²) < 4.78 is 10.8. The number of hydrogen-bond acceptors (Lipinski definition) is 3. The van der Waals surface area contributed by atoms with Gasteiger partial charge in [0.15, 0.2) is 0 Å². The number of rotatable bonds is 4. The van der Waals surface area contributed by atoms with Gasteiger partial charge in [0, 0.05) is 17.0 Å². The van der Waals surface area contributed by atoms with Crippen molar-refractivity contribution < 1.29 is 19.4 Å². The van der Waals surface area contributed by atoms with Crippen molar-refractivity contribution in [2.75, 3.05) is 13.7 Å². The summed E-state index contributed by atoms with van der Waals surface area (Å²) in [5.74, 6) is 0.196. The predicted octanol–water partition coefficient (Wildman–Crippen LogP) is 5.32. The lowest BCUT2D eigenvalue weighted by Gasteiger charge is -2.14. The van der Waals surface area contributed by atoms with E-state index in [9.17, 15) is 9.90 Å². The maximum absolute atomic E-state index is 11.6. The number of methoxy groups -OCH3 is 1. The number of hydrogen-bond donors (Lipinski definition) is 1. The minimum absolute atomic E-state index is 0.114. The summed E-state index contributed by atoms with van der Waals surface area (Å²) in [7, 11) is 1.46. The zero-order valence-electron chi connectivity index (χ0n) is 14.7. The molecular formula is C22H17ClO4. The molecule has 27 heavy (non-hydrogen) atoms. The highest BCUT2D eigenvalue weighted by Gasteiger charge is 2.18. The standard InChI is InChI=1S/C22H17ClO4/c1-26-20-8-5-13(12-17(20)22(24)25)16-3-2-4-18(23)21(16)15-6-7-19-14(11-15)9-10-27-19/h2-8,11-12H,9-10H2,1H3,(H,24,25). The van der Waals surface area contributed by atoms with E-state index < -0.39 is 5.97 Å². The fraction of sp³-hybridized carbons (Fsp3) is 0.136. The van der Waals surface area contributed by atoms with E-state index in [1.165, 1.54) is 7.11 Å². The summed E-state index contributed by atoms with van der Waals surface area (Å²) in [5, 5.41) is 10.1. The molecule has 3 aromatic rings. The second-order valence-corrected chi connectivity index (χ2v) is 6.71. The Morgan fingerprint density at radius 1 is 1.11 bits per heavy atom. The van der Waals surface area contributed by atoms with Crippen LogP contribution < -0.4 is 9.47 Å². The van der Waals surface area contributed by atoms with Crippen molar-refractivity contribution in [3.05, 3.63) is 70.7 Å². The second-order valence-electron chi connectivity index (χ2n) is 6.30. The van der Waals surface area contributed by atoms with Crippen LogP contribution in [0.25, 0.3) is 22.3 Å². The maximum atomic E-state index is 11.6. The smallest absolute Gasteiger partial charge is 0.339 e. The van der Waals surface area contributed by atoms with Crippen LogP contribution in [0.2, 0.25) is 5.02 Å². The molecule has 5 heteroatoms. The average Bonchev–Trinajstić information content (AvgIpc) is 3.15. The van der Waals surface area contributed by atoms with Gasteiger partial charge < -0.3 is 14.6 Å². The number of carboxylic acid groups (broad SMARTS) is 1. The number of aromatic carboxylic acids is 1. The van der Waals surface area contributed by atoms with Crippen LogP contribution in [0.3, 0.4) is 0 Å². The lowest BCUT2D eigenvalue weighted by molar-refractivity contribution is 0.0693. The second kappa shape index (κ2) is 6.97. The van der Waals surface area contributed by atoms with E-state index in [0.29, 0.717) is 17.4 Å². The predicted molar refractivity (Wildman–Crippen MR) is 105 cm³/mol. The van der Waals surface area contributed by atoms with Crippen molar-refractivity contribution in [3.8, 4) is 33.8 Å². The molecule has 0 fully saturated rings. The lowest BCUT2D eigenvalue weighted by Crippen LogP contribution is -2.01. The van der Waals surface area contributed by atoms with Crippen molar-refractivity contribution in [1.29, 1.82) is 0 Å². The number of benzene rings is 3. The van der Waals surface area contributed by atoms with Gasteiger partial charge in [0.1, 0.15) is 17.1 Å². The van der Waals surface area contributed by atoms with Crippen LogP contribution in [0.4, 0.5) is 0 Å². The average molecular weight is 381 g/mol. The Balaban J connectivity index is 1.90. The normalized spacial score (nSPS) is 12.4. The summed E-state index contributed by atoms with van der Waals surface area (Å²) in [4.78, 5) is 11.6. The summed E-state index contributed by atoms with van der Waals surface area (Å²) in [6, 6.07) is 16.8. The highest BCUT2D eigenvalue weighted by molar-refractivity contribution is 6.34. The van der Waals surface area contributed by atoms with Gasteiger partial charge in [-0.1, -0.05) is 35.9 Å². The molecular weight excluding hydrogens is 364 g/mol. The first-order valence-electron chi connectivity index (χ1n) is 8.55. The highest BCUT2D eigenvalue weighted by atomic mass is 35.5. The molecule has 1 N–H and O–H groups in total. The van der Waals surface area contributed by atoms with Gasteiger partial charge in [-0.3, -0.25) is 0 Å². The summed E-state index contributed by atoms with van der Waals surface area (Å²) in [6.07, 6.45) is 0.870. The zero-order chi connectivity index (χ0) is 19.0. The van der Waals surface area contributed by atoms with Gasteiger partial charge in [0.2, 0.25) is 0 Å². The van der Waals surface area contributed by atoms with Gasteiger partial charge >= 0.3 is 5.97 Å². The fourth-order valence-electron chi connectivity index (χ4n) is 3.44. The largest absolute Gasteiger partial charge is 0.496 e. The fourth-order valence-corrected chi connectivity index (χ4v) is 3.73. The molecule has 0 unspecified atom stereocenters. The summed E-state index contributed by atoms with van der Waals surface area (Å²) in [6.45, 7) is 0.689. The Bertz CT molecular complexity index is 1040. The van der Waals surface area contributed by atoms with E-state index in [2.05, 4.69) is 6.07 Å². The van der Waals surface area contributed by atoms with E-state index in [1.807, 2.05) is 36.4 Å². The first-order chi connectivity index (χ1) is 13.1. The maximum Gasteiger partial charge on any atom is 0.339 e. The van der Waals surface area contributed by atoms with Crippen molar-refractivity contribution in [3.63, 3.8) is 0 Å². The quantitative estimate of drug-likeness (QED) is 0.665. The third-order valence-electron chi connectivity index (χ3n) is 4.73. The summed E-state index contributed by atoms with van der Waals surface area (Å²) in [5.41, 5.74) is 4.75. The van der Waals surface area contributed by atoms with Crippen LogP contribution in [-0.4, -0.2) is 24.8 Å². The highest BCUT2D eigenvalue weighted by Crippen LogP contribution is 2.40. The first-order valence-corrected chi connectivity index (χ1v) is 8.92. The van der Waals surface area contributed by atoms with E-state index >= 15 is 0 Å². The number of fused-ring (bicyclic) bond motifs is 1. The number of carboxylic acids is 1. The number of ether oxygens (including phenoxy) is 2. The molecule has 1 aliphatic rings. The van der Waals surface area contributed by atoms with Gasteiger partial charge in [-0.2, -0.15) is 0 Å². The third kappa shape index (κ3) is 3.13. The van der Waals surface area contributed by atoms with E-state index in [1.54, 1.807) is 12.1 Å². The topological polar surface area (TPSA) is 55.8 Å². The SMILES string of the molecule is COc1ccc(-c2cccc(Cl)c2-c2ccc3c(c2)CCO3)cc1C(=O)O. The lowest BCUT2D eigenvalue weighted by atomic mass is 9.92. The van der Waals surface area contributed by atoms with Gasteiger partial charge in [0.05, 0.1) is 13.7 Å². The van der Waals surface area contributed by atoms with Crippen LogP contribution >= 0.6 is 11.6 Å². The summed E-state index contributed by atoms with van der Waals surface area (Å²) >= 11 is 6.55. The molecule has 0 aliphatic carbocycles. The van der Waals surface area contributed by atoms with Crippen LogP contribution in [0.15, 0.2) is 54.6 Å². The molecule has 3 aromatic carbocycles. The third-order valence-corrected chi connectivity index (χ3v) is 5.05. The van der Waals surface area contributed by atoms with Crippen molar-refractivity contribution in [1.82, 2.24) is 0 Å². The molecule has 1 heterocycles. The molecule has 0 bridgehead atoms. The molecule has 0 spiro atoms. The Kier molecular flexibility index (Phi) is 4.50. The number of carbonyl (C=O) groups is 1. The molecule has 4 rings (SSSR count). The molecule has 0 saturated heterocycles. The molecule has 0 aromatic heterocycles.